The molecule has 210 valence electrons. The van der Waals surface area contributed by atoms with Gasteiger partial charge in [-0.3, -0.25) is 4.79 Å². The molecule has 1 aliphatic carbocycles. The van der Waals surface area contributed by atoms with Crippen LogP contribution in [0, 0.1) is 5.82 Å². The van der Waals surface area contributed by atoms with Crippen LogP contribution in [0.15, 0.2) is 78.9 Å². The number of halogens is 2. The molecule has 1 aliphatic rings. The molecule has 0 bridgehead atoms. The number of aromatic nitrogens is 2. The predicted octanol–water partition coefficient (Wildman–Crippen LogP) is 5.87. The van der Waals surface area contributed by atoms with Crippen molar-refractivity contribution in [3.05, 3.63) is 113 Å². The lowest BCUT2D eigenvalue weighted by Crippen LogP contribution is -2.31. The maximum absolute atomic E-state index is 14.3. The van der Waals surface area contributed by atoms with Gasteiger partial charge in [0, 0.05) is 36.3 Å². The number of carbonyl (C=O) groups is 2. The summed E-state index contributed by atoms with van der Waals surface area (Å²) in [5, 5.41) is 12.5. The lowest BCUT2D eigenvalue weighted by atomic mass is 9.81. The maximum atomic E-state index is 14.3. The fraction of sp³-hybridized carbons (Fsp3) is 0.194. The fourth-order valence-corrected chi connectivity index (χ4v) is 5.35. The number of alkyl halides is 1. The molecule has 1 unspecified atom stereocenters. The highest BCUT2D eigenvalue weighted by Gasteiger charge is 2.32. The van der Waals surface area contributed by atoms with E-state index in [-0.39, 0.29) is 23.5 Å². The second kappa shape index (κ2) is 12.0. The Morgan fingerprint density at radius 1 is 1.15 bits per heavy atom. The van der Waals surface area contributed by atoms with Gasteiger partial charge in [-0.05, 0) is 23.3 Å². The molecule has 1 amide bonds. The number of imidazole rings is 1. The number of allylic oxidation sites excluding steroid dienone is 4. The Labute approximate surface area is 240 Å². The highest BCUT2D eigenvalue weighted by Crippen LogP contribution is 2.41. The number of H-pyrrole nitrogens is 1. The SMILES string of the molecule is COC[C@@H](NC(=O)c1ccc(C2C(c3nc4cc(OC)c(F)cc4[nH]3)=CC=C[C@@H]2Cl)c(C(=O)O)c1)c1ccccc1. The van der Waals surface area contributed by atoms with Crippen LogP contribution in [0.5, 0.6) is 5.75 Å². The van der Waals surface area contributed by atoms with Crippen LogP contribution in [0.1, 0.15) is 49.6 Å². The number of nitrogens with zero attached hydrogens (tertiary/aromatic N) is 1. The summed E-state index contributed by atoms with van der Waals surface area (Å²) in [6, 6.07) is 16.2. The van der Waals surface area contributed by atoms with Crippen molar-refractivity contribution < 1.29 is 28.6 Å². The molecule has 0 saturated heterocycles. The van der Waals surface area contributed by atoms with Crippen molar-refractivity contribution in [1.82, 2.24) is 15.3 Å². The number of rotatable bonds is 9. The van der Waals surface area contributed by atoms with Crippen molar-refractivity contribution in [2.75, 3.05) is 20.8 Å². The molecule has 8 nitrogen and oxygen atoms in total. The van der Waals surface area contributed by atoms with Gasteiger partial charge in [-0.25, -0.2) is 14.2 Å². The average molecular weight is 576 g/mol. The number of aromatic amines is 1. The number of nitrogens with one attached hydrogen (secondary N) is 2. The minimum Gasteiger partial charge on any atom is -0.494 e. The van der Waals surface area contributed by atoms with Gasteiger partial charge >= 0.3 is 5.97 Å². The van der Waals surface area contributed by atoms with Crippen LogP contribution < -0.4 is 10.1 Å². The van der Waals surface area contributed by atoms with E-state index in [9.17, 15) is 19.1 Å². The quantitative estimate of drug-likeness (QED) is 0.215. The summed E-state index contributed by atoms with van der Waals surface area (Å²) >= 11 is 6.75. The topological polar surface area (TPSA) is 114 Å². The molecule has 4 aromatic rings. The minimum atomic E-state index is -1.21. The minimum absolute atomic E-state index is 0.0573. The van der Waals surface area contributed by atoms with Crippen molar-refractivity contribution in [3.63, 3.8) is 0 Å². The van der Waals surface area contributed by atoms with Gasteiger partial charge in [-0.2, -0.15) is 0 Å². The van der Waals surface area contributed by atoms with Crippen LogP contribution in [0.2, 0.25) is 0 Å². The highest BCUT2D eigenvalue weighted by molar-refractivity contribution is 6.23. The van der Waals surface area contributed by atoms with Crippen LogP contribution in [-0.4, -0.2) is 53.2 Å². The van der Waals surface area contributed by atoms with Gasteiger partial charge in [0.2, 0.25) is 0 Å². The molecule has 1 aromatic heterocycles. The normalized spacial score (nSPS) is 17.2. The van der Waals surface area contributed by atoms with Crippen LogP contribution in [-0.2, 0) is 4.74 Å². The Morgan fingerprint density at radius 2 is 1.93 bits per heavy atom. The molecular weight excluding hydrogens is 549 g/mol. The van der Waals surface area contributed by atoms with Crippen LogP contribution >= 0.6 is 11.6 Å². The zero-order chi connectivity index (χ0) is 29.1. The Hall–Kier alpha value is -4.47. The zero-order valence-corrected chi connectivity index (χ0v) is 23.0. The van der Waals surface area contributed by atoms with Crippen LogP contribution in [0.4, 0.5) is 4.39 Å². The summed E-state index contributed by atoms with van der Waals surface area (Å²) in [6.07, 6.45) is 5.30. The van der Waals surface area contributed by atoms with Gasteiger partial charge in [-0.15, -0.1) is 11.6 Å². The lowest BCUT2D eigenvalue weighted by Gasteiger charge is -2.27. The van der Waals surface area contributed by atoms with Crippen molar-refractivity contribution in [3.8, 4) is 5.75 Å². The molecule has 10 heteroatoms. The smallest absolute Gasteiger partial charge is 0.336 e. The number of amides is 1. The molecule has 0 fully saturated rings. The van der Waals surface area contributed by atoms with Crippen molar-refractivity contribution in [2.45, 2.75) is 17.3 Å². The van der Waals surface area contributed by atoms with E-state index in [0.717, 1.165) is 5.56 Å². The highest BCUT2D eigenvalue weighted by atomic mass is 35.5. The standard InChI is InChI=1S/C31H27ClFN3O5/c1-40-16-26(17-7-4-3-5-8-17)36-30(37)18-11-12-19(21(13-18)31(38)39)28-20(9-6-10-22(28)32)29-34-24-14-23(33)27(41-2)15-25(24)35-29/h3-15,22,26,28H,16H2,1-2H3,(H,34,35)(H,36,37)(H,38,39)/t22-,26+,28?/m0/s1. The summed E-state index contributed by atoms with van der Waals surface area (Å²) in [5.41, 5.74) is 2.92. The van der Waals surface area contributed by atoms with E-state index in [0.29, 0.717) is 28.0 Å². The molecule has 0 aliphatic heterocycles. The Kier molecular flexibility index (Phi) is 8.19. The molecule has 5 rings (SSSR count). The Morgan fingerprint density at radius 3 is 2.63 bits per heavy atom. The van der Waals surface area contributed by atoms with Crippen molar-refractivity contribution in [1.29, 1.82) is 0 Å². The monoisotopic (exact) mass is 575 g/mol. The van der Waals surface area contributed by atoms with Gasteiger partial charge in [0.25, 0.3) is 5.91 Å². The number of aromatic carboxylic acids is 1. The molecular formula is C31H27ClFN3O5. The number of carboxylic acids is 1. The van der Waals surface area contributed by atoms with Gasteiger partial charge in [-0.1, -0.05) is 54.6 Å². The number of hydrogen-bond acceptors (Lipinski definition) is 5. The summed E-state index contributed by atoms with van der Waals surface area (Å²) in [7, 11) is 2.91. The number of benzene rings is 3. The Bertz CT molecular complexity index is 1670. The molecule has 41 heavy (non-hydrogen) atoms. The van der Waals surface area contributed by atoms with Crippen molar-refractivity contribution >= 4 is 40.1 Å². The first-order chi connectivity index (χ1) is 19.8. The van der Waals surface area contributed by atoms with Crippen LogP contribution in [0.3, 0.4) is 0 Å². The molecule has 0 saturated carbocycles. The third-order valence-electron chi connectivity index (χ3n) is 6.97. The molecule has 0 spiro atoms. The third kappa shape index (κ3) is 5.73. The fourth-order valence-electron chi connectivity index (χ4n) is 4.99. The van der Waals surface area contributed by atoms with Gasteiger partial charge in [0.15, 0.2) is 11.6 Å². The number of ether oxygens (including phenoxy) is 2. The lowest BCUT2D eigenvalue weighted by molar-refractivity contribution is 0.0695. The first-order valence-electron chi connectivity index (χ1n) is 12.8. The maximum Gasteiger partial charge on any atom is 0.336 e. The molecule has 1 heterocycles. The number of carboxylic acid groups (broad SMARTS) is 1. The van der Waals surface area contributed by atoms with Gasteiger partial charge in [0.05, 0.1) is 41.7 Å². The van der Waals surface area contributed by atoms with E-state index in [1.165, 1.54) is 25.3 Å². The van der Waals surface area contributed by atoms with E-state index in [2.05, 4.69) is 15.3 Å². The number of fused-ring (bicyclic) bond motifs is 1. The van der Waals surface area contributed by atoms with Gasteiger partial charge < -0.3 is 24.9 Å². The summed E-state index contributed by atoms with van der Waals surface area (Å²) in [6.45, 7) is 0.239. The average Bonchev–Trinajstić information content (AvgIpc) is 3.39. The number of hydrogen-bond donors (Lipinski definition) is 3. The number of methoxy groups -OCH3 is 2. The summed E-state index contributed by atoms with van der Waals surface area (Å²) in [5.74, 6) is -2.34. The van der Waals surface area contributed by atoms with E-state index in [1.54, 1.807) is 37.5 Å². The molecule has 3 N–H and O–H groups in total. The molecule has 0 radical (unpaired) electrons. The number of carbonyl (C=O) groups excluding carboxylic acids is 1. The third-order valence-corrected chi connectivity index (χ3v) is 7.37. The second-order valence-electron chi connectivity index (χ2n) is 9.52. The van der Waals surface area contributed by atoms with Gasteiger partial charge in [0.1, 0.15) is 5.82 Å². The van der Waals surface area contributed by atoms with E-state index in [1.807, 2.05) is 30.3 Å². The summed E-state index contributed by atoms with van der Waals surface area (Å²) < 4.78 is 24.7. The van der Waals surface area contributed by atoms with Crippen molar-refractivity contribution in [2.24, 2.45) is 0 Å². The first kappa shape index (κ1) is 28.1. The molecule has 3 aromatic carbocycles. The van der Waals surface area contributed by atoms with Crippen LogP contribution in [0.25, 0.3) is 16.6 Å². The predicted molar refractivity (Wildman–Crippen MR) is 154 cm³/mol. The van der Waals surface area contributed by atoms with E-state index >= 15 is 0 Å². The largest absolute Gasteiger partial charge is 0.494 e. The Balaban J connectivity index is 1.50. The zero-order valence-electron chi connectivity index (χ0n) is 22.2. The van der Waals surface area contributed by atoms with E-state index < -0.39 is 35.0 Å². The summed E-state index contributed by atoms with van der Waals surface area (Å²) in [4.78, 5) is 33.4. The first-order valence-corrected chi connectivity index (χ1v) is 13.2. The second-order valence-corrected chi connectivity index (χ2v) is 10.0. The molecule has 3 atom stereocenters. The van der Waals surface area contributed by atoms with E-state index in [4.69, 9.17) is 21.1 Å².